The van der Waals surface area contributed by atoms with Crippen molar-refractivity contribution < 1.29 is 5.11 Å². The molecule has 0 aromatic heterocycles. The molecule has 1 aromatic carbocycles. The average Bonchev–Trinajstić information content (AvgIpc) is 2.31. The van der Waals surface area contributed by atoms with Crippen molar-refractivity contribution in [3.63, 3.8) is 0 Å². The quantitative estimate of drug-likeness (QED) is 0.812. The van der Waals surface area contributed by atoms with Gasteiger partial charge in [0, 0.05) is 5.54 Å². The molecule has 102 valence electrons. The minimum absolute atomic E-state index is 0.165. The highest BCUT2D eigenvalue weighted by Gasteiger charge is 2.14. The van der Waals surface area contributed by atoms with E-state index >= 15 is 0 Å². The van der Waals surface area contributed by atoms with Gasteiger partial charge in [-0.05, 0) is 56.3 Å². The molecule has 2 heteroatoms. The first-order valence-electron chi connectivity index (χ1n) is 6.81. The molecule has 0 aliphatic heterocycles. The predicted molar refractivity (Wildman–Crippen MR) is 78.1 cm³/mol. The lowest BCUT2D eigenvalue weighted by Gasteiger charge is -2.23. The topological polar surface area (TPSA) is 32.3 Å². The van der Waals surface area contributed by atoms with E-state index in [1.54, 1.807) is 0 Å². The van der Waals surface area contributed by atoms with Crippen LogP contribution in [-0.2, 0) is 6.42 Å². The van der Waals surface area contributed by atoms with Crippen molar-refractivity contribution in [2.24, 2.45) is 0 Å². The van der Waals surface area contributed by atoms with Gasteiger partial charge in [-0.2, -0.15) is 0 Å². The van der Waals surface area contributed by atoms with Crippen molar-refractivity contribution in [3.8, 4) is 0 Å². The van der Waals surface area contributed by atoms with Crippen LogP contribution in [0.25, 0.3) is 0 Å². The molecule has 0 aliphatic rings. The van der Waals surface area contributed by atoms with Crippen LogP contribution in [0.5, 0.6) is 0 Å². The summed E-state index contributed by atoms with van der Waals surface area (Å²) in [6.07, 6.45) is 1.01. The van der Waals surface area contributed by atoms with Crippen molar-refractivity contribution in [1.82, 2.24) is 5.32 Å². The fourth-order valence-corrected chi connectivity index (χ4v) is 1.91. The van der Waals surface area contributed by atoms with Gasteiger partial charge in [-0.15, -0.1) is 0 Å². The Bertz CT molecular complexity index is 383. The molecule has 0 spiro atoms. The minimum Gasteiger partial charge on any atom is -0.394 e. The number of rotatable bonds is 6. The molecular formula is C16H27NO. The Morgan fingerprint density at radius 1 is 1.28 bits per heavy atom. The summed E-state index contributed by atoms with van der Waals surface area (Å²) >= 11 is 0. The highest BCUT2D eigenvalue weighted by atomic mass is 16.3. The Labute approximate surface area is 111 Å². The zero-order valence-electron chi connectivity index (χ0n) is 12.4. The number of hydrogen-bond acceptors (Lipinski definition) is 2. The van der Waals surface area contributed by atoms with E-state index in [-0.39, 0.29) is 12.1 Å². The second-order valence-electron chi connectivity index (χ2n) is 6.06. The monoisotopic (exact) mass is 249 g/mol. The maximum atomic E-state index is 9.20. The van der Waals surface area contributed by atoms with Crippen LogP contribution in [0.4, 0.5) is 0 Å². The molecule has 0 fully saturated rings. The summed E-state index contributed by atoms with van der Waals surface area (Å²) in [7, 11) is 0. The number of benzene rings is 1. The second kappa shape index (κ2) is 6.35. The van der Waals surface area contributed by atoms with Gasteiger partial charge in [0.15, 0.2) is 0 Å². The van der Waals surface area contributed by atoms with Crippen LogP contribution in [0, 0.1) is 6.92 Å². The smallest absolute Gasteiger partial charge is 0.0607 e. The van der Waals surface area contributed by atoms with E-state index in [0.717, 1.165) is 13.0 Å². The summed E-state index contributed by atoms with van der Waals surface area (Å²) < 4.78 is 0. The van der Waals surface area contributed by atoms with Crippen LogP contribution < -0.4 is 5.32 Å². The van der Waals surface area contributed by atoms with E-state index in [4.69, 9.17) is 0 Å². The Kier molecular flexibility index (Phi) is 5.36. The van der Waals surface area contributed by atoms with Crippen LogP contribution in [0.1, 0.15) is 50.3 Å². The van der Waals surface area contributed by atoms with Gasteiger partial charge in [-0.3, -0.25) is 0 Å². The standard InChI is InChI=1S/C16H27NO/c1-12(2)14-7-6-13(3)15(10-14)8-9-17-16(4,5)11-18/h6-7,10,12,17-18H,8-9,11H2,1-5H3. The van der Waals surface area contributed by atoms with Gasteiger partial charge < -0.3 is 10.4 Å². The summed E-state index contributed by atoms with van der Waals surface area (Å²) in [5.41, 5.74) is 3.96. The third kappa shape index (κ3) is 4.43. The van der Waals surface area contributed by atoms with E-state index < -0.39 is 0 Å². The molecule has 1 aromatic rings. The molecule has 0 heterocycles. The molecule has 0 atom stereocenters. The molecule has 0 unspecified atom stereocenters. The van der Waals surface area contributed by atoms with E-state index in [9.17, 15) is 5.11 Å². The molecule has 0 amide bonds. The van der Waals surface area contributed by atoms with E-state index in [1.807, 2.05) is 13.8 Å². The van der Waals surface area contributed by atoms with Crippen molar-refractivity contribution in [2.75, 3.05) is 13.2 Å². The number of aliphatic hydroxyl groups is 1. The highest BCUT2D eigenvalue weighted by Crippen LogP contribution is 2.19. The lowest BCUT2D eigenvalue weighted by atomic mass is 9.96. The fraction of sp³-hybridized carbons (Fsp3) is 0.625. The Morgan fingerprint density at radius 3 is 2.50 bits per heavy atom. The maximum absolute atomic E-state index is 9.20. The molecule has 2 nitrogen and oxygen atoms in total. The Hall–Kier alpha value is -0.860. The van der Waals surface area contributed by atoms with Gasteiger partial charge >= 0.3 is 0 Å². The average molecular weight is 249 g/mol. The Morgan fingerprint density at radius 2 is 1.94 bits per heavy atom. The summed E-state index contributed by atoms with van der Waals surface area (Å²) in [6.45, 7) is 11.7. The van der Waals surface area contributed by atoms with Crippen molar-refractivity contribution in [2.45, 2.75) is 52.5 Å². The van der Waals surface area contributed by atoms with Crippen molar-refractivity contribution in [3.05, 3.63) is 34.9 Å². The fourth-order valence-electron chi connectivity index (χ4n) is 1.91. The van der Waals surface area contributed by atoms with E-state index in [1.165, 1.54) is 16.7 Å². The number of nitrogens with one attached hydrogen (secondary N) is 1. The lowest BCUT2D eigenvalue weighted by molar-refractivity contribution is 0.189. The summed E-state index contributed by atoms with van der Waals surface area (Å²) in [4.78, 5) is 0. The van der Waals surface area contributed by atoms with Crippen LogP contribution in [0.15, 0.2) is 18.2 Å². The lowest BCUT2D eigenvalue weighted by Crippen LogP contribution is -2.43. The maximum Gasteiger partial charge on any atom is 0.0607 e. The SMILES string of the molecule is Cc1ccc(C(C)C)cc1CCNC(C)(C)CO. The van der Waals surface area contributed by atoms with Crippen LogP contribution >= 0.6 is 0 Å². The highest BCUT2D eigenvalue weighted by molar-refractivity contribution is 5.32. The number of hydrogen-bond donors (Lipinski definition) is 2. The molecular weight excluding hydrogens is 222 g/mol. The predicted octanol–water partition coefficient (Wildman–Crippen LogP) is 3.02. The van der Waals surface area contributed by atoms with E-state index in [2.05, 4.69) is 44.3 Å². The van der Waals surface area contributed by atoms with Gasteiger partial charge in [0.1, 0.15) is 0 Å². The van der Waals surface area contributed by atoms with Crippen molar-refractivity contribution in [1.29, 1.82) is 0 Å². The first-order valence-corrected chi connectivity index (χ1v) is 6.81. The largest absolute Gasteiger partial charge is 0.394 e. The summed E-state index contributed by atoms with van der Waals surface area (Å²) in [5.74, 6) is 0.575. The van der Waals surface area contributed by atoms with Crippen LogP contribution in [0.2, 0.25) is 0 Å². The number of aliphatic hydroxyl groups excluding tert-OH is 1. The molecule has 0 saturated carbocycles. The first-order chi connectivity index (χ1) is 8.35. The third-order valence-corrected chi connectivity index (χ3v) is 3.43. The minimum atomic E-state index is -0.191. The zero-order valence-corrected chi connectivity index (χ0v) is 12.4. The molecule has 18 heavy (non-hydrogen) atoms. The molecule has 1 rings (SSSR count). The molecule has 0 saturated heterocycles. The molecule has 0 radical (unpaired) electrons. The van der Waals surface area contributed by atoms with Gasteiger partial charge in [-0.25, -0.2) is 0 Å². The summed E-state index contributed by atoms with van der Waals surface area (Å²) in [5, 5.41) is 12.6. The zero-order chi connectivity index (χ0) is 13.8. The van der Waals surface area contributed by atoms with E-state index in [0.29, 0.717) is 5.92 Å². The number of aryl methyl sites for hydroxylation is 1. The molecule has 2 N–H and O–H groups in total. The Balaban J connectivity index is 2.64. The summed E-state index contributed by atoms with van der Waals surface area (Å²) in [6, 6.07) is 6.74. The first kappa shape index (κ1) is 15.2. The van der Waals surface area contributed by atoms with Crippen molar-refractivity contribution >= 4 is 0 Å². The second-order valence-corrected chi connectivity index (χ2v) is 6.06. The van der Waals surface area contributed by atoms with Gasteiger partial charge in [0.2, 0.25) is 0 Å². The van der Waals surface area contributed by atoms with Gasteiger partial charge in [0.05, 0.1) is 6.61 Å². The molecule has 0 aliphatic carbocycles. The van der Waals surface area contributed by atoms with Crippen LogP contribution in [0.3, 0.4) is 0 Å². The molecule has 0 bridgehead atoms. The van der Waals surface area contributed by atoms with Crippen LogP contribution in [-0.4, -0.2) is 23.8 Å². The normalized spacial score (nSPS) is 12.2. The van der Waals surface area contributed by atoms with Gasteiger partial charge in [-0.1, -0.05) is 32.0 Å². The third-order valence-electron chi connectivity index (χ3n) is 3.43. The van der Waals surface area contributed by atoms with Gasteiger partial charge in [0.25, 0.3) is 0 Å².